The van der Waals surface area contributed by atoms with Gasteiger partial charge in [-0.25, -0.2) is 0 Å². The zero-order chi connectivity index (χ0) is 26.0. The highest BCUT2D eigenvalue weighted by Crippen LogP contribution is 2.52. The van der Waals surface area contributed by atoms with Crippen molar-refractivity contribution in [3.63, 3.8) is 0 Å². The number of hydrogen-bond acceptors (Lipinski definition) is 9. The maximum absolute atomic E-state index is 13.6. The number of phenols is 1. The van der Waals surface area contributed by atoms with Crippen LogP contribution >= 0.6 is 0 Å². The molecule has 4 rings (SSSR count). The summed E-state index contributed by atoms with van der Waals surface area (Å²) in [6, 6.07) is 2.03. The van der Waals surface area contributed by atoms with Gasteiger partial charge in [0, 0.05) is 11.5 Å². The summed E-state index contributed by atoms with van der Waals surface area (Å²) in [4.78, 5) is 40.3. The summed E-state index contributed by atoms with van der Waals surface area (Å²) in [6.45, 7) is 1.65. The monoisotopic (exact) mass is 486 g/mol. The fraction of sp³-hybridized carbons (Fsp3) is 0.480. The third kappa shape index (κ3) is 3.55. The van der Waals surface area contributed by atoms with Crippen molar-refractivity contribution < 1.29 is 39.9 Å². The number of hydrogen-bond donors (Lipinski definition) is 6. The molecule has 1 aromatic rings. The van der Waals surface area contributed by atoms with E-state index in [9.17, 15) is 39.9 Å². The number of aliphatic hydroxyl groups excluding tert-OH is 3. The van der Waals surface area contributed by atoms with Crippen LogP contribution in [-0.4, -0.2) is 79.7 Å². The molecule has 0 aliphatic heterocycles. The van der Waals surface area contributed by atoms with Gasteiger partial charge in [0.2, 0.25) is 5.78 Å². The summed E-state index contributed by atoms with van der Waals surface area (Å²) in [6.07, 6.45) is 0.613. The van der Waals surface area contributed by atoms with Gasteiger partial charge in [0.1, 0.15) is 22.8 Å². The Kier molecular flexibility index (Phi) is 6.03. The molecule has 0 saturated carbocycles. The minimum absolute atomic E-state index is 0.0196. The Morgan fingerprint density at radius 2 is 1.89 bits per heavy atom. The number of carbonyl (C=O) groups is 3. The average Bonchev–Trinajstić information content (AvgIpc) is 2.75. The summed E-state index contributed by atoms with van der Waals surface area (Å²) in [5.41, 5.74) is 2.99. The molecule has 1 aromatic carbocycles. The number of nitrogens with zero attached hydrogens (tertiary/aromatic N) is 1. The SMILES string of the molecule is CC(O)CCc1ccc(O)c2c1C[C@@H]1C[C@@H]3[C@@H](N(C)C)C(O)=C(C(N)=O)C(=O)[C@]3(O)C(O)=C1C2=O. The lowest BCUT2D eigenvalue weighted by molar-refractivity contribution is -0.148. The number of carbonyl (C=O) groups excluding carboxylic acids is 3. The number of benzene rings is 1. The quantitative estimate of drug-likeness (QED) is 0.322. The summed E-state index contributed by atoms with van der Waals surface area (Å²) in [5.74, 6) is -6.70. The van der Waals surface area contributed by atoms with E-state index in [0.717, 1.165) is 5.56 Å². The van der Waals surface area contributed by atoms with E-state index in [1.54, 1.807) is 27.1 Å². The molecule has 10 nitrogen and oxygen atoms in total. The van der Waals surface area contributed by atoms with E-state index in [1.165, 1.54) is 11.0 Å². The van der Waals surface area contributed by atoms with E-state index in [0.29, 0.717) is 18.4 Å². The van der Waals surface area contributed by atoms with Crippen molar-refractivity contribution in [3.05, 3.63) is 51.5 Å². The second-order valence-corrected chi connectivity index (χ2v) is 9.95. The fourth-order valence-corrected chi connectivity index (χ4v) is 5.91. The molecule has 0 fully saturated rings. The maximum atomic E-state index is 13.6. The largest absolute Gasteiger partial charge is 0.510 e. The molecule has 35 heavy (non-hydrogen) atoms. The lowest BCUT2D eigenvalue weighted by atomic mass is 9.58. The Labute approximate surface area is 202 Å². The molecule has 10 heteroatoms. The number of Topliss-reactive ketones (excluding diaryl/α,β-unsaturated/α-hetero) is 2. The Bertz CT molecular complexity index is 1200. The molecule has 0 aromatic heterocycles. The molecule has 3 aliphatic carbocycles. The molecule has 7 N–H and O–H groups in total. The highest BCUT2D eigenvalue weighted by Gasteiger charge is 2.63. The van der Waals surface area contributed by atoms with Crippen molar-refractivity contribution in [1.82, 2.24) is 4.90 Å². The minimum atomic E-state index is -2.65. The number of ketones is 2. The van der Waals surface area contributed by atoms with Crippen LogP contribution in [0, 0.1) is 11.8 Å². The number of amides is 1. The molecule has 0 heterocycles. The number of aromatic hydroxyl groups is 1. The van der Waals surface area contributed by atoms with Crippen molar-refractivity contribution in [3.8, 4) is 5.75 Å². The van der Waals surface area contributed by atoms with Crippen LogP contribution in [0.2, 0.25) is 0 Å². The zero-order valence-electron chi connectivity index (χ0n) is 19.8. The Morgan fingerprint density at radius 3 is 2.46 bits per heavy atom. The van der Waals surface area contributed by atoms with Crippen LogP contribution in [0.5, 0.6) is 5.75 Å². The van der Waals surface area contributed by atoms with E-state index < -0.39 is 64.1 Å². The summed E-state index contributed by atoms with van der Waals surface area (Å²) < 4.78 is 0. The van der Waals surface area contributed by atoms with Gasteiger partial charge in [-0.1, -0.05) is 6.07 Å². The van der Waals surface area contributed by atoms with Gasteiger partial charge in [0.25, 0.3) is 5.91 Å². The Hall–Kier alpha value is -3.21. The van der Waals surface area contributed by atoms with Gasteiger partial charge in [0.05, 0.1) is 17.7 Å². The lowest BCUT2D eigenvalue weighted by Crippen LogP contribution is -2.63. The van der Waals surface area contributed by atoms with Crippen LogP contribution in [0.3, 0.4) is 0 Å². The van der Waals surface area contributed by atoms with Crippen molar-refractivity contribution in [1.29, 1.82) is 0 Å². The van der Waals surface area contributed by atoms with Gasteiger partial charge in [0.15, 0.2) is 11.4 Å². The van der Waals surface area contributed by atoms with Crippen molar-refractivity contribution >= 4 is 17.5 Å². The number of rotatable bonds is 5. The fourth-order valence-electron chi connectivity index (χ4n) is 5.91. The van der Waals surface area contributed by atoms with E-state index >= 15 is 0 Å². The maximum Gasteiger partial charge on any atom is 0.255 e. The molecule has 5 atom stereocenters. The minimum Gasteiger partial charge on any atom is -0.510 e. The highest BCUT2D eigenvalue weighted by molar-refractivity contribution is 6.24. The molecule has 3 aliphatic rings. The van der Waals surface area contributed by atoms with Gasteiger partial charge < -0.3 is 31.3 Å². The van der Waals surface area contributed by atoms with Crippen LogP contribution in [0.1, 0.15) is 41.3 Å². The summed E-state index contributed by atoms with van der Waals surface area (Å²) in [7, 11) is 3.17. The number of likely N-dealkylation sites (N-methyl/N-ethyl adjacent to an activating group) is 1. The number of fused-ring (bicyclic) bond motifs is 3. The highest BCUT2D eigenvalue weighted by atomic mass is 16.3. The van der Waals surface area contributed by atoms with Crippen LogP contribution in [0.15, 0.2) is 34.8 Å². The van der Waals surface area contributed by atoms with Crippen molar-refractivity contribution in [2.75, 3.05) is 14.1 Å². The molecule has 1 amide bonds. The third-order valence-corrected chi connectivity index (χ3v) is 7.53. The standard InChI is InChI=1S/C25H30N2O8/c1-10(28)4-5-11-6-7-15(29)17-13(11)8-12-9-14-19(27(2)3)21(31)18(24(26)34)23(33)25(14,35)22(32)16(12)20(17)30/h6-7,10,12,14,19,28-29,31-32,35H,4-5,8-9H2,1-3H3,(H2,26,34)/t10?,12-,14-,19-,25-/m1/s1. The van der Waals surface area contributed by atoms with Crippen LogP contribution in [0.4, 0.5) is 0 Å². The first-order chi connectivity index (χ1) is 16.3. The second kappa shape index (κ2) is 8.47. The first-order valence-electron chi connectivity index (χ1n) is 11.5. The van der Waals surface area contributed by atoms with E-state index in [1.807, 2.05) is 0 Å². The number of allylic oxidation sites excluding steroid dienone is 1. The van der Waals surface area contributed by atoms with E-state index in [4.69, 9.17) is 5.73 Å². The molecule has 0 spiro atoms. The van der Waals surface area contributed by atoms with Crippen molar-refractivity contribution in [2.24, 2.45) is 17.6 Å². The second-order valence-electron chi connectivity index (χ2n) is 9.95. The summed E-state index contributed by atoms with van der Waals surface area (Å²) >= 11 is 0. The normalized spacial score (nSPS) is 29.1. The van der Waals surface area contributed by atoms with Gasteiger partial charge in [-0.3, -0.25) is 19.3 Å². The average molecular weight is 487 g/mol. The predicted octanol–water partition coefficient (Wildman–Crippen LogP) is 0.434. The smallest absolute Gasteiger partial charge is 0.255 e. The number of aryl methyl sites for hydroxylation is 1. The van der Waals surface area contributed by atoms with E-state index in [2.05, 4.69) is 0 Å². The molecular weight excluding hydrogens is 456 g/mol. The van der Waals surface area contributed by atoms with E-state index in [-0.39, 0.29) is 29.7 Å². The topological polar surface area (TPSA) is 182 Å². The van der Waals surface area contributed by atoms with Crippen LogP contribution in [0.25, 0.3) is 0 Å². The molecule has 188 valence electrons. The number of nitrogens with two attached hydrogens (primary N) is 1. The molecule has 0 bridgehead atoms. The van der Waals surface area contributed by atoms with Gasteiger partial charge >= 0.3 is 0 Å². The lowest BCUT2D eigenvalue weighted by Gasteiger charge is -2.50. The molecule has 0 saturated heterocycles. The zero-order valence-corrected chi connectivity index (χ0v) is 19.8. The van der Waals surface area contributed by atoms with Gasteiger partial charge in [-0.15, -0.1) is 0 Å². The molecular formula is C25H30N2O8. The van der Waals surface area contributed by atoms with Crippen molar-refractivity contribution in [2.45, 2.75) is 50.4 Å². The first kappa shape index (κ1) is 24.9. The number of aliphatic hydroxyl groups is 4. The summed E-state index contributed by atoms with van der Waals surface area (Å²) in [5, 5.41) is 53.8. The Balaban J connectivity index is 1.91. The third-order valence-electron chi connectivity index (χ3n) is 7.53. The first-order valence-corrected chi connectivity index (χ1v) is 11.5. The molecule has 1 unspecified atom stereocenters. The predicted molar refractivity (Wildman–Crippen MR) is 124 cm³/mol. The van der Waals surface area contributed by atoms with Gasteiger partial charge in [-0.05, 0) is 69.8 Å². The van der Waals surface area contributed by atoms with Crippen LogP contribution in [-0.2, 0) is 22.4 Å². The molecule has 0 radical (unpaired) electrons. The van der Waals surface area contributed by atoms with Gasteiger partial charge in [-0.2, -0.15) is 0 Å². The Morgan fingerprint density at radius 1 is 1.23 bits per heavy atom. The van der Waals surface area contributed by atoms with Crippen LogP contribution < -0.4 is 5.73 Å². The number of phenolic OH excluding ortho intramolecular Hbond substituents is 1. The number of primary amides is 1.